The third-order valence-corrected chi connectivity index (χ3v) is 7.44. The van der Waals surface area contributed by atoms with Gasteiger partial charge in [-0.25, -0.2) is 8.42 Å². The minimum atomic E-state index is -3.60. The molecule has 3 aromatic rings. The highest BCUT2D eigenvalue weighted by Crippen LogP contribution is 2.20. The lowest BCUT2D eigenvalue weighted by atomic mass is 10.0. The van der Waals surface area contributed by atoms with Crippen LogP contribution in [0, 0.1) is 0 Å². The van der Waals surface area contributed by atoms with Gasteiger partial charge in [-0.15, -0.1) is 11.3 Å². The molecule has 152 valence electrons. The molecule has 5 nitrogen and oxygen atoms in total. The van der Waals surface area contributed by atoms with Crippen molar-refractivity contribution in [3.8, 4) is 0 Å². The van der Waals surface area contributed by atoms with Crippen LogP contribution in [0.2, 0.25) is 0 Å². The van der Waals surface area contributed by atoms with Crippen LogP contribution in [0.5, 0.6) is 0 Å². The molecule has 0 fully saturated rings. The first-order chi connectivity index (χ1) is 13.9. The maximum Gasteiger partial charge on any atom is 0.271 e. The molecule has 1 amide bonds. The topological polar surface area (TPSA) is 75.3 Å². The van der Waals surface area contributed by atoms with Crippen molar-refractivity contribution in [3.63, 3.8) is 0 Å². The number of hydrogen-bond acceptors (Lipinski definition) is 4. The van der Waals surface area contributed by atoms with Gasteiger partial charge in [0.25, 0.3) is 15.9 Å². The Balaban J connectivity index is 1.65. The first-order valence-corrected chi connectivity index (χ1v) is 11.8. The van der Waals surface area contributed by atoms with Crippen LogP contribution in [0.15, 0.2) is 64.2 Å². The first kappa shape index (κ1) is 21.1. The summed E-state index contributed by atoms with van der Waals surface area (Å²) in [7, 11) is -3.60. The third-order valence-electron chi connectivity index (χ3n) is 4.66. The molecule has 0 bridgehead atoms. The second-order valence-corrected chi connectivity index (χ2v) is 9.46. The van der Waals surface area contributed by atoms with Gasteiger partial charge >= 0.3 is 0 Å². The largest absolute Gasteiger partial charge is 0.348 e. The van der Waals surface area contributed by atoms with E-state index in [2.05, 4.69) is 42.1 Å². The van der Waals surface area contributed by atoms with E-state index in [-0.39, 0.29) is 10.1 Å². The number of sulfonamides is 1. The van der Waals surface area contributed by atoms with E-state index < -0.39 is 10.0 Å². The smallest absolute Gasteiger partial charge is 0.271 e. The zero-order chi connectivity index (χ0) is 20.9. The molecule has 3 rings (SSSR count). The van der Waals surface area contributed by atoms with E-state index in [1.807, 2.05) is 0 Å². The summed E-state index contributed by atoms with van der Waals surface area (Å²) in [5.41, 5.74) is 4.49. The summed E-state index contributed by atoms with van der Waals surface area (Å²) in [6.45, 7) is 4.67. The first-order valence-electron chi connectivity index (χ1n) is 9.48. The summed E-state index contributed by atoms with van der Waals surface area (Å²) in [6.07, 6.45) is 1.86. The van der Waals surface area contributed by atoms with Crippen LogP contribution >= 0.6 is 11.3 Å². The van der Waals surface area contributed by atoms with Crippen LogP contribution in [-0.2, 0) is 29.4 Å². The zero-order valence-electron chi connectivity index (χ0n) is 16.4. The van der Waals surface area contributed by atoms with Crippen LogP contribution in [0.1, 0.15) is 40.9 Å². The van der Waals surface area contributed by atoms with Gasteiger partial charge < -0.3 is 5.32 Å². The van der Waals surface area contributed by atoms with Gasteiger partial charge in [0.2, 0.25) is 0 Å². The van der Waals surface area contributed by atoms with Crippen LogP contribution in [0.25, 0.3) is 0 Å². The van der Waals surface area contributed by atoms with E-state index in [4.69, 9.17) is 0 Å². The quantitative estimate of drug-likeness (QED) is 0.550. The number of nitrogens with one attached hydrogen (secondary N) is 2. The average molecular weight is 429 g/mol. The second kappa shape index (κ2) is 9.24. The van der Waals surface area contributed by atoms with Crippen LogP contribution in [0.4, 0.5) is 5.69 Å². The van der Waals surface area contributed by atoms with E-state index in [0.29, 0.717) is 17.8 Å². The van der Waals surface area contributed by atoms with Crippen LogP contribution in [-0.4, -0.2) is 14.3 Å². The van der Waals surface area contributed by atoms with E-state index >= 15 is 0 Å². The van der Waals surface area contributed by atoms with Crippen molar-refractivity contribution in [2.75, 3.05) is 4.72 Å². The molecule has 2 N–H and O–H groups in total. The lowest BCUT2D eigenvalue weighted by Crippen LogP contribution is -2.23. The molecule has 7 heteroatoms. The lowest BCUT2D eigenvalue weighted by molar-refractivity contribution is 0.0951. The molecule has 0 saturated carbocycles. The van der Waals surface area contributed by atoms with Gasteiger partial charge in [0.1, 0.15) is 4.21 Å². The van der Waals surface area contributed by atoms with E-state index in [0.717, 1.165) is 29.7 Å². The van der Waals surface area contributed by atoms with Gasteiger partial charge in [0.15, 0.2) is 0 Å². The normalized spacial score (nSPS) is 11.2. The van der Waals surface area contributed by atoms with Gasteiger partial charge in [0, 0.05) is 17.8 Å². The van der Waals surface area contributed by atoms with Crippen LogP contribution in [0.3, 0.4) is 0 Å². The predicted molar refractivity (Wildman–Crippen MR) is 118 cm³/mol. The van der Waals surface area contributed by atoms with Crippen molar-refractivity contribution in [3.05, 3.63) is 82.2 Å². The minimum Gasteiger partial charge on any atom is -0.348 e. The van der Waals surface area contributed by atoms with Crippen molar-refractivity contribution in [2.45, 2.75) is 37.4 Å². The Morgan fingerprint density at radius 3 is 2.34 bits per heavy atom. The predicted octanol–water partition coefficient (Wildman–Crippen LogP) is 4.60. The Morgan fingerprint density at radius 1 is 0.966 bits per heavy atom. The number of rotatable bonds is 8. The second-order valence-electron chi connectivity index (χ2n) is 6.61. The number of carbonyl (C=O) groups is 1. The number of benzene rings is 2. The molecule has 0 aliphatic rings. The molecule has 0 aliphatic carbocycles. The number of aryl methyl sites for hydroxylation is 2. The molecule has 0 saturated heterocycles. The van der Waals surface area contributed by atoms with Gasteiger partial charge in [0.05, 0.1) is 0 Å². The number of hydrogen-bond donors (Lipinski definition) is 2. The Labute approximate surface area is 175 Å². The number of thiophene rings is 1. The van der Waals surface area contributed by atoms with E-state index in [1.165, 1.54) is 11.1 Å². The van der Waals surface area contributed by atoms with Crippen molar-refractivity contribution in [2.24, 2.45) is 0 Å². The molecule has 29 heavy (non-hydrogen) atoms. The fourth-order valence-electron chi connectivity index (χ4n) is 3.00. The fourth-order valence-corrected chi connectivity index (χ4v) is 5.05. The monoisotopic (exact) mass is 428 g/mol. The molecule has 0 atom stereocenters. The SMILES string of the molecule is CCc1ccc(CC)c(CNC(=O)c2ccc(NS(=O)(=O)c3cccs3)cc2)c1. The highest BCUT2D eigenvalue weighted by atomic mass is 32.2. The zero-order valence-corrected chi connectivity index (χ0v) is 18.1. The van der Waals surface area contributed by atoms with E-state index in [9.17, 15) is 13.2 Å². The third kappa shape index (κ3) is 5.25. The van der Waals surface area contributed by atoms with Crippen molar-refractivity contribution >= 4 is 33.0 Å². The molecule has 0 radical (unpaired) electrons. The van der Waals surface area contributed by atoms with Gasteiger partial charge in [-0.05, 0) is 65.2 Å². The van der Waals surface area contributed by atoms with E-state index in [1.54, 1.807) is 41.8 Å². The van der Waals surface area contributed by atoms with Gasteiger partial charge in [-0.1, -0.05) is 38.1 Å². The summed E-state index contributed by atoms with van der Waals surface area (Å²) in [6, 6.07) is 16.0. The molecule has 1 aromatic heterocycles. The summed E-state index contributed by atoms with van der Waals surface area (Å²) < 4.78 is 27.3. The maximum atomic E-state index is 12.5. The standard InChI is InChI=1S/C22H24N2O3S2/c1-3-16-7-8-17(4-2)19(14-16)15-23-22(25)18-9-11-20(12-10-18)24-29(26,27)21-6-5-13-28-21/h5-14,24H,3-4,15H2,1-2H3,(H,23,25). The lowest BCUT2D eigenvalue weighted by Gasteiger charge is -2.12. The Hall–Kier alpha value is -2.64. The van der Waals surface area contributed by atoms with Gasteiger partial charge in [-0.2, -0.15) is 0 Å². The van der Waals surface area contributed by atoms with Gasteiger partial charge in [-0.3, -0.25) is 9.52 Å². The molecular formula is C22H24N2O3S2. The van der Waals surface area contributed by atoms with Crippen LogP contribution < -0.4 is 10.0 Å². The van der Waals surface area contributed by atoms with Crippen molar-refractivity contribution < 1.29 is 13.2 Å². The Morgan fingerprint density at radius 2 is 1.72 bits per heavy atom. The van der Waals surface area contributed by atoms with Crippen molar-refractivity contribution in [1.82, 2.24) is 5.32 Å². The molecule has 0 spiro atoms. The summed E-state index contributed by atoms with van der Waals surface area (Å²) in [5.74, 6) is -0.193. The number of anilines is 1. The fraction of sp³-hybridized carbons (Fsp3) is 0.227. The molecule has 1 heterocycles. The summed E-state index contributed by atoms with van der Waals surface area (Å²) >= 11 is 1.15. The molecule has 2 aromatic carbocycles. The molecule has 0 unspecified atom stereocenters. The highest BCUT2D eigenvalue weighted by Gasteiger charge is 2.15. The highest BCUT2D eigenvalue weighted by molar-refractivity contribution is 7.94. The number of carbonyl (C=O) groups excluding carboxylic acids is 1. The molecular weight excluding hydrogens is 404 g/mol. The maximum absolute atomic E-state index is 12.5. The molecule has 0 aliphatic heterocycles. The van der Waals surface area contributed by atoms with Crippen molar-refractivity contribution in [1.29, 1.82) is 0 Å². The average Bonchev–Trinajstić information content (AvgIpc) is 3.28. The minimum absolute atomic E-state index is 0.193. The Bertz CT molecular complexity index is 1070. The number of amides is 1. The Kier molecular flexibility index (Phi) is 6.71. The summed E-state index contributed by atoms with van der Waals surface area (Å²) in [5, 5.41) is 4.67. The summed E-state index contributed by atoms with van der Waals surface area (Å²) in [4.78, 5) is 12.5.